The second kappa shape index (κ2) is 15.2. The molecule has 1 aromatic carbocycles. The van der Waals surface area contributed by atoms with Gasteiger partial charge in [0.1, 0.15) is 41.5 Å². The summed E-state index contributed by atoms with van der Waals surface area (Å²) in [6, 6.07) is 6.26. The second-order valence-corrected chi connectivity index (χ2v) is 16.2. The van der Waals surface area contributed by atoms with Crippen molar-refractivity contribution in [3.63, 3.8) is 0 Å². The molecule has 2 aromatic heterocycles. The zero-order valence-electron chi connectivity index (χ0n) is 31.0. The molecule has 14 heteroatoms. The van der Waals surface area contributed by atoms with Crippen molar-refractivity contribution in [1.82, 2.24) is 20.2 Å². The first-order valence-corrected chi connectivity index (χ1v) is 20.2. The fourth-order valence-corrected chi connectivity index (χ4v) is 8.93. The minimum Gasteiger partial charge on any atom is -0.497 e. The van der Waals surface area contributed by atoms with Gasteiger partial charge in [-0.3, -0.25) is 4.79 Å². The number of aromatic nitrogens is 2. The van der Waals surface area contributed by atoms with E-state index in [0.717, 1.165) is 61.9 Å². The molecule has 3 fully saturated rings. The van der Waals surface area contributed by atoms with Gasteiger partial charge in [0.25, 0.3) is 0 Å². The van der Waals surface area contributed by atoms with E-state index in [2.05, 4.69) is 36.6 Å². The van der Waals surface area contributed by atoms with Gasteiger partial charge in [0.05, 0.1) is 24.9 Å². The first-order chi connectivity index (χ1) is 26.2. The molecule has 1 spiro atoms. The van der Waals surface area contributed by atoms with Crippen LogP contribution in [0.1, 0.15) is 84.5 Å². The summed E-state index contributed by atoms with van der Waals surface area (Å²) in [6.07, 6.45) is 11.6. The van der Waals surface area contributed by atoms with Gasteiger partial charge in [0, 0.05) is 41.3 Å². The monoisotopic (exact) mass is 756 g/mol. The Labute approximate surface area is 318 Å². The molecule has 3 aromatic rings. The van der Waals surface area contributed by atoms with Gasteiger partial charge in [-0.2, -0.15) is 0 Å². The minimum atomic E-state index is -0.936. The van der Waals surface area contributed by atoms with Gasteiger partial charge in [0.15, 0.2) is 10.7 Å². The van der Waals surface area contributed by atoms with Gasteiger partial charge >= 0.3 is 12.1 Å². The summed E-state index contributed by atoms with van der Waals surface area (Å²) in [5.41, 5.74) is 1.08. The summed E-state index contributed by atoms with van der Waals surface area (Å²) in [7, 11) is 1.61. The molecule has 2 aliphatic carbocycles. The van der Waals surface area contributed by atoms with Gasteiger partial charge in [0.2, 0.25) is 11.8 Å². The number of rotatable bonds is 8. The van der Waals surface area contributed by atoms with Crippen molar-refractivity contribution in [2.24, 2.45) is 10.9 Å². The summed E-state index contributed by atoms with van der Waals surface area (Å²) in [5.74, 6) is 0.796. The molecule has 0 unspecified atom stereocenters. The predicted octanol–water partition coefficient (Wildman–Crippen LogP) is 6.81. The second-order valence-electron chi connectivity index (χ2n) is 15.4. The number of nitrogens with zero attached hydrogens (tertiary/aromatic N) is 4. The Kier molecular flexibility index (Phi) is 10.2. The highest BCUT2D eigenvalue weighted by Gasteiger charge is 2.65. The molecule has 2 amide bonds. The number of hydrogen-bond donors (Lipinski definition) is 2. The number of carbonyl (C=O) groups is 3. The lowest BCUT2D eigenvalue weighted by Gasteiger charge is -2.28. The van der Waals surface area contributed by atoms with Gasteiger partial charge in [-0.05, 0) is 77.3 Å². The maximum atomic E-state index is 14.6. The predicted molar refractivity (Wildman–Crippen MR) is 205 cm³/mol. The number of alkyl carbamates (subject to hydrolysis) is 1. The summed E-state index contributed by atoms with van der Waals surface area (Å²) < 4.78 is 24.0. The highest BCUT2D eigenvalue weighted by Crippen LogP contribution is 2.52. The van der Waals surface area contributed by atoms with Crippen molar-refractivity contribution in [1.29, 1.82) is 0 Å². The lowest BCUT2D eigenvalue weighted by atomic mass is 10.0. The molecular formula is C40H48N6O7S. The highest BCUT2D eigenvalue weighted by atomic mass is 32.1. The lowest BCUT2D eigenvalue weighted by Crippen LogP contribution is -2.52. The number of anilines is 1. The Bertz CT molecular complexity index is 1970. The number of nitrogens with one attached hydrogen (secondary N) is 2. The van der Waals surface area contributed by atoms with Crippen molar-refractivity contribution in [2.75, 3.05) is 19.0 Å². The molecule has 5 aliphatic rings. The van der Waals surface area contributed by atoms with E-state index in [9.17, 15) is 14.4 Å². The van der Waals surface area contributed by atoms with E-state index in [1.165, 1.54) is 11.3 Å². The summed E-state index contributed by atoms with van der Waals surface area (Å²) in [6.45, 7) is 4.32. The van der Waals surface area contributed by atoms with Crippen molar-refractivity contribution in [2.45, 2.75) is 120 Å². The van der Waals surface area contributed by atoms with Crippen LogP contribution in [-0.4, -0.2) is 88.3 Å². The Morgan fingerprint density at radius 3 is 2.69 bits per heavy atom. The number of benzene rings is 1. The third kappa shape index (κ3) is 7.49. The number of aliphatic imine (C=N–C) groups is 1. The van der Waals surface area contributed by atoms with Crippen LogP contribution in [0.4, 0.5) is 9.93 Å². The number of esters is 1. The Balaban J connectivity index is 1.11. The SMILES string of the molecule is COc1ccc2c(O[C@@H]3C[C@H]4C5=N[C@@]6(C[C@H]6/C=C\CCCCC[C@H](NC(=O)OC6CCCC6)C(=O)N4C3)C(=O)O5)cc(-c3csc(NC(C)C)n3)nc2c1. The van der Waals surface area contributed by atoms with Gasteiger partial charge in [-0.1, -0.05) is 25.0 Å². The number of hydrogen-bond acceptors (Lipinski definition) is 12. The maximum absolute atomic E-state index is 14.6. The molecule has 0 radical (unpaired) electrons. The van der Waals surface area contributed by atoms with E-state index in [4.69, 9.17) is 33.9 Å². The molecule has 286 valence electrons. The van der Waals surface area contributed by atoms with E-state index >= 15 is 0 Å². The minimum absolute atomic E-state index is 0.0226. The van der Waals surface area contributed by atoms with Crippen LogP contribution in [0.5, 0.6) is 11.5 Å². The molecule has 2 bridgehead atoms. The zero-order valence-corrected chi connectivity index (χ0v) is 31.9. The smallest absolute Gasteiger partial charge is 0.408 e. The number of amides is 2. The van der Waals surface area contributed by atoms with Crippen LogP contribution in [0.3, 0.4) is 0 Å². The normalized spacial score (nSPS) is 27.7. The first-order valence-electron chi connectivity index (χ1n) is 19.3. The molecular weight excluding hydrogens is 709 g/mol. The summed E-state index contributed by atoms with van der Waals surface area (Å²) in [5, 5.41) is 9.80. The lowest BCUT2D eigenvalue weighted by molar-refractivity contribution is -0.138. The molecule has 2 N–H and O–H groups in total. The van der Waals surface area contributed by atoms with Crippen LogP contribution < -0.4 is 20.1 Å². The summed E-state index contributed by atoms with van der Waals surface area (Å²) in [4.78, 5) is 57.5. The summed E-state index contributed by atoms with van der Waals surface area (Å²) >= 11 is 1.51. The number of fused-ring (bicyclic) bond motifs is 3. The number of ether oxygens (including phenoxy) is 4. The zero-order chi connectivity index (χ0) is 37.4. The fraction of sp³-hybridized carbons (Fsp3) is 0.550. The highest BCUT2D eigenvalue weighted by molar-refractivity contribution is 7.14. The van der Waals surface area contributed by atoms with Crippen molar-refractivity contribution in [3.8, 4) is 22.9 Å². The first kappa shape index (κ1) is 36.3. The standard InChI is InChI=1S/C40H48N6O7S/c1-23(2)41-38-43-32(22-54-38)31-19-34(28-16-15-26(50-3)17-30(28)42-31)51-27-18-33-35-45-40(37(48)53-35)20-24(40)11-7-5-4-6-8-14-29(36(47)46(33)21-27)44-39(49)52-25-12-9-10-13-25/h7,11,15-17,19,22-25,27,29,33H,4-6,8-10,12-14,18,20-21H2,1-3H3,(H,41,43)(H,44,49)/b11-7-/t24-,27-,29+,33+,40-/m1/s1. The molecule has 5 atom stereocenters. The fourth-order valence-electron chi connectivity index (χ4n) is 8.07. The van der Waals surface area contributed by atoms with Crippen LogP contribution >= 0.6 is 11.3 Å². The van der Waals surface area contributed by atoms with Crippen molar-refractivity contribution < 1.29 is 33.3 Å². The van der Waals surface area contributed by atoms with E-state index in [1.54, 1.807) is 12.0 Å². The number of carbonyl (C=O) groups excluding carboxylic acids is 3. The van der Waals surface area contributed by atoms with Crippen LogP contribution in [-0.2, 0) is 19.1 Å². The Hall–Kier alpha value is -4.72. The van der Waals surface area contributed by atoms with E-state index < -0.39 is 29.8 Å². The van der Waals surface area contributed by atoms with Gasteiger partial charge < -0.3 is 34.5 Å². The van der Waals surface area contributed by atoms with Gasteiger partial charge in [-0.25, -0.2) is 24.5 Å². The largest absolute Gasteiger partial charge is 0.497 e. The Morgan fingerprint density at radius 2 is 1.87 bits per heavy atom. The van der Waals surface area contributed by atoms with E-state index in [0.29, 0.717) is 47.7 Å². The molecule has 8 rings (SSSR count). The van der Waals surface area contributed by atoms with Crippen LogP contribution in [0.2, 0.25) is 0 Å². The number of thiazole rings is 1. The number of pyridine rings is 1. The van der Waals surface area contributed by atoms with E-state index in [-0.39, 0.29) is 42.4 Å². The van der Waals surface area contributed by atoms with Crippen LogP contribution in [0.15, 0.2) is 46.8 Å². The quantitative estimate of drug-likeness (QED) is 0.185. The molecule has 1 saturated heterocycles. The molecule has 3 aliphatic heterocycles. The third-order valence-corrected chi connectivity index (χ3v) is 11.8. The van der Waals surface area contributed by atoms with Crippen molar-refractivity contribution in [3.05, 3.63) is 41.8 Å². The van der Waals surface area contributed by atoms with Crippen LogP contribution in [0, 0.1) is 5.92 Å². The third-order valence-electron chi connectivity index (χ3n) is 11.0. The van der Waals surface area contributed by atoms with Gasteiger partial charge in [-0.15, -0.1) is 11.3 Å². The van der Waals surface area contributed by atoms with Crippen LogP contribution in [0.25, 0.3) is 22.3 Å². The number of allylic oxidation sites excluding steroid dienone is 1. The molecule has 54 heavy (non-hydrogen) atoms. The molecule has 2 saturated carbocycles. The topological polar surface area (TPSA) is 154 Å². The average molecular weight is 757 g/mol. The number of methoxy groups -OCH3 is 1. The average Bonchev–Trinajstić information content (AvgIpc) is 3.69. The molecule has 13 nitrogen and oxygen atoms in total. The maximum Gasteiger partial charge on any atom is 0.408 e. The van der Waals surface area contributed by atoms with Crippen molar-refractivity contribution >= 4 is 51.2 Å². The molecule has 5 heterocycles. The Morgan fingerprint density at radius 1 is 1.04 bits per heavy atom. The van der Waals surface area contributed by atoms with E-state index in [1.807, 2.05) is 29.6 Å².